The van der Waals surface area contributed by atoms with E-state index in [2.05, 4.69) is 131 Å². The molecule has 0 N–H and O–H groups in total. The van der Waals surface area contributed by atoms with Crippen LogP contribution in [0.25, 0.3) is 63.7 Å². The fourth-order valence-electron chi connectivity index (χ4n) is 6.78. The first-order valence-corrected chi connectivity index (χ1v) is 15.4. The normalized spacial score (nSPS) is 12.7. The van der Waals surface area contributed by atoms with Crippen molar-refractivity contribution in [2.45, 2.75) is 45.4 Å². The average Bonchev–Trinajstić information content (AvgIpc) is 3.54. The molecule has 0 bridgehead atoms. The van der Waals surface area contributed by atoms with Gasteiger partial charge in [-0.05, 0) is 92.4 Å². The van der Waals surface area contributed by atoms with Gasteiger partial charge in [0.2, 0.25) is 0 Å². The maximum absolute atomic E-state index is 6.31. The molecule has 0 atom stereocenters. The molecule has 1 nitrogen and oxygen atoms in total. The molecule has 2 heterocycles. The van der Waals surface area contributed by atoms with Crippen LogP contribution in [0, 0.1) is 0 Å². The SMILES string of the molecule is CC(C)c1ccc2sc3cc(CC(C)(C)c4ccc5oc6ccc7ccccc7c6c5c4)c4ccccc4c3c2c1. The second kappa shape index (κ2) is 8.93. The maximum atomic E-state index is 6.31. The number of benzene rings is 6. The zero-order valence-electron chi connectivity index (χ0n) is 23.9. The van der Waals surface area contributed by atoms with Crippen molar-refractivity contribution in [3.63, 3.8) is 0 Å². The molecule has 0 spiro atoms. The van der Waals surface area contributed by atoms with Gasteiger partial charge in [0.25, 0.3) is 0 Å². The molecule has 0 radical (unpaired) electrons. The van der Waals surface area contributed by atoms with Crippen LogP contribution in [0.1, 0.15) is 50.3 Å². The van der Waals surface area contributed by atoms with Crippen LogP contribution in [0.3, 0.4) is 0 Å². The van der Waals surface area contributed by atoms with Crippen LogP contribution in [-0.2, 0) is 11.8 Å². The smallest absolute Gasteiger partial charge is 0.136 e. The first-order chi connectivity index (χ1) is 19.9. The van der Waals surface area contributed by atoms with Crippen LogP contribution in [0.4, 0.5) is 0 Å². The number of rotatable bonds is 4. The van der Waals surface area contributed by atoms with E-state index in [0.717, 1.165) is 17.6 Å². The minimum absolute atomic E-state index is 0.0691. The Hall–Kier alpha value is -4.14. The predicted molar refractivity (Wildman–Crippen MR) is 179 cm³/mol. The van der Waals surface area contributed by atoms with Gasteiger partial charge in [0.05, 0.1) is 0 Å². The Morgan fingerprint density at radius 3 is 2.22 bits per heavy atom. The highest BCUT2D eigenvalue weighted by Crippen LogP contribution is 2.43. The number of hydrogen-bond acceptors (Lipinski definition) is 2. The van der Waals surface area contributed by atoms with E-state index in [1.54, 1.807) is 0 Å². The number of hydrogen-bond donors (Lipinski definition) is 0. The molecular weight excluding hydrogens is 516 g/mol. The zero-order valence-corrected chi connectivity index (χ0v) is 24.7. The molecule has 0 unspecified atom stereocenters. The zero-order chi connectivity index (χ0) is 27.9. The van der Waals surface area contributed by atoms with Gasteiger partial charge in [-0.3, -0.25) is 0 Å². The lowest BCUT2D eigenvalue weighted by Gasteiger charge is -2.26. The molecule has 0 aliphatic heterocycles. The standard InChI is InChI=1S/C39H32OS/c1-23(2)25-14-18-35-32(19-25)38-30-12-8-7-10-28(30)26(20-36(38)41-35)22-39(3,4)27-15-17-33-31(21-27)37-29-11-6-5-9-24(29)13-16-34(37)40-33/h5-21,23H,22H2,1-4H3. The van der Waals surface area contributed by atoms with Crippen LogP contribution in [0.5, 0.6) is 0 Å². The molecular formula is C39H32OS. The Bertz CT molecular complexity index is 2290. The summed E-state index contributed by atoms with van der Waals surface area (Å²) in [5, 5.41) is 10.4. The fraction of sp³-hybridized carbons (Fsp3) is 0.179. The van der Waals surface area contributed by atoms with Crippen molar-refractivity contribution in [1.29, 1.82) is 0 Å². The average molecular weight is 549 g/mol. The topological polar surface area (TPSA) is 13.1 Å². The quantitative estimate of drug-likeness (QED) is 0.213. The molecule has 2 aromatic heterocycles. The first kappa shape index (κ1) is 24.6. The molecule has 0 aliphatic carbocycles. The van der Waals surface area contributed by atoms with Crippen molar-refractivity contribution in [1.82, 2.24) is 0 Å². The summed E-state index contributed by atoms with van der Waals surface area (Å²) in [6, 6.07) is 38.2. The molecule has 41 heavy (non-hydrogen) atoms. The minimum atomic E-state index is -0.0691. The van der Waals surface area contributed by atoms with Gasteiger partial charge in [0.1, 0.15) is 11.2 Å². The van der Waals surface area contributed by atoms with Gasteiger partial charge >= 0.3 is 0 Å². The van der Waals surface area contributed by atoms with Gasteiger partial charge in [-0.15, -0.1) is 11.3 Å². The van der Waals surface area contributed by atoms with Gasteiger partial charge in [0.15, 0.2) is 0 Å². The molecule has 0 fully saturated rings. The van der Waals surface area contributed by atoms with E-state index in [1.165, 1.54) is 69.2 Å². The van der Waals surface area contributed by atoms with E-state index in [1.807, 2.05) is 11.3 Å². The molecule has 8 aromatic rings. The van der Waals surface area contributed by atoms with E-state index < -0.39 is 0 Å². The summed E-state index contributed by atoms with van der Waals surface area (Å²) in [4.78, 5) is 0. The maximum Gasteiger partial charge on any atom is 0.136 e. The first-order valence-electron chi connectivity index (χ1n) is 14.6. The molecule has 200 valence electrons. The summed E-state index contributed by atoms with van der Waals surface area (Å²) in [5.41, 5.74) is 5.99. The van der Waals surface area contributed by atoms with Crippen LogP contribution in [0.2, 0.25) is 0 Å². The van der Waals surface area contributed by atoms with Gasteiger partial charge in [0, 0.05) is 30.9 Å². The van der Waals surface area contributed by atoms with E-state index in [9.17, 15) is 0 Å². The summed E-state index contributed by atoms with van der Waals surface area (Å²) in [5.74, 6) is 0.517. The fourth-order valence-corrected chi connectivity index (χ4v) is 7.95. The van der Waals surface area contributed by atoms with Crippen molar-refractivity contribution < 1.29 is 4.42 Å². The number of furan rings is 1. The lowest BCUT2D eigenvalue weighted by Crippen LogP contribution is -2.20. The molecule has 0 saturated heterocycles. The van der Waals surface area contributed by atoms with Gasteiger partial charge in [-0.25, -0.2) is 0 Å². The molecule has 6 aromatic carbocycles. The summed E-state index contributed by atoms with van der Waals surface area (Å²) in [6.07, 6.45) is 0.955. The van der Waals surface area contributed by atoms with Gasteiger partial charge in [-0.1, -0.05) is 94.4 Å². The van der Waals surface area contributed by atoms with Crippen molar-refractivity contribution in [3.05, 3.63) is 120 Å². The van der Waals surface area contributed by atoms with Crippen molar-refractivity contribution in [3.8, 4) is 0 Å². The lowest BCUT2D eigenvalue weighted by atomic mass is 9.77. The summed E-state index contributed by atoms with van der Waals surface area (Å²) < 4.78 is 9.06. The Balaban J connectivity index is 1.29. The third-order valence-electron chi connectivity index (χ3n) is 9.03. The molecule has 0 saturated carbocycles. The second-order valence-corrected chi connectivity index (χ2v) is 13.6. The van der Waals surface area contributed by atoms with Crippen LogP contribution >= 0.6 is 11.3 Å². The third-order valence-corrected chi connectivity index (χ3v) is 10.1. The number of fused-ring (bicyclic) bond motifs is 10. The summed E-state index contributed by atoms with van der Waals surface area (Å²) >= 11 is 1.93. The van der Waals surface area contributed by atoms with Gasteiger partial charge < -0.3 is 4.42 Å². The van der Waals surface area contributed by atoms with Gasteiger partial charge in [-0.2, -0.15) is 0 Å². The Kier molecular flexibility index (Phi) is 5.37. The highest BCUT2D eigenvalue weighted by Gasteiger charge is 2.25. The highest BCUT2D eigenvalue weighted by molar-refractivity contribution is 7.26. The predicted octanol–water partition coefficient (Wildman–Crippen LogP) is 11.9. The van der Waals surface area contributed by atoms with Crippen LogP contribution in [-0.4, -0.2) is 0 Å². The monoisotopic (exact) mass is 548 g/mol. The lowest BCUT2D eigenvalue weighted by molar-refractivity contribution is 0.525. The summed E-state index contributed by atoms with van der Waals surface area (Å²) in [7, 11) is 0. The van der Waals surface area contributed by atoms with Crippen LogP contribution in [0.15, 0.2) is 108 Å². The van der Waals surface area contributed by atoms with Crippen molar-refractivity contribution >= 4 is 75.0 Å². The molecule has 0 aliphatic rings. The third kappa shape index (κ3) is 3.81. The van der Waals surface area contributed by atoms with Crippen LogP contribution < -0.4 is 0 Å². The Morgan fingerprint density at radius 1 is 0.634 bits per heavy atom. The van der Waals surface area contributed by atoms with E-state index in [0.29, 0.717) is 5.92 Å². The van der Waals surface area contributed by atoms with E-state index in [4.69, 9.17) is 4.42 Å². The van der Waals surface area contributed by atoms with Crippen molar-refractivity contribution in [2.75, 3.05) is 0 Å². The molecule has 8 rings (SSSR count). The Labute approximate surface area is 244 Å². The van der Waals surface area contributed by atoms with Crippen molar-refractivity contribution in [2.24, 2.45) is 0 Å². The Morgan fingerprint density at radius 2 is 1.39 bits per heavy atom. The minimum Gasteiger partial charge on any atom is -0.456 e. The molecule has 0 amide bonds. The highest BCUT2D eigenvalue weighted by atomic mass is 32.1. The molecule has 2 heteroatoms. The second-order valence-electron chi connectivity index (χ2n) is 12.5. The summed E-state index contributed by atoms with van der Waals surface area (Å²) in [6.45, 7) is 9.32. The van der Waals surface area contributed by atoms with E-state index in [-0.39, 0.29) is 5.41 Å². The largest absolute Gasteiger partial charge is 0.456 e. The van der Waals surface area contributed by atoms with E-state index >= 15 is 0 Å². The number of thiophene rings is 1.